The van der Waals surface area contributed by atoms with Crippen molar-refractivity contribution in [2.75, 3.05) is 20.2 Å². The highest BCUT2D eigenvalue weighted by Crippen LogP contribution is 2.05. The number of hydrogen-bond donors (Lipinski definition) is 1. The number of amidine groups is 1. The number of hydrogen-bond acceptors (Lipinski definition) is 3. The van der Waals surface area contributed by atoms with Crippen LogP contribution in [0.3, 0.4) is 0 Å². The highest BCUT2D eigenvalue weighted by molar-refractivity contribution is 5.94. The normalized spacial score (nSPS) is 20.9. The minimum absolute atomic E-state index is 0.353. The lowest BCUT2D eigenvalue weighted by Gasteiger charge is -2.12. The van der Waals surface area contributed by atoms with Crippen molar-refractivity contribution in [3.05, 3.63) is 6.92 Å². The summed E-state index contributed by atoms with van der Waals surface area (Å²) < 4.78 is 0. The predicted octanol–water partition coefficient (Wildman–Crippen LogP) is 0.506. The summed E-state index contributed by atoms with van der Waals surface area (Å²) in [5, 5.41) is 11.0. The van der Waals surface area contributed by atoms with Gasteiger partial charge < -0.3 is 9.74 Å². The number of nitrogens with one attached hydrogen (secondary N) is 1. The lowest BCUT2D eigenvalue weighted by atomic mass is 10.3. The number of nitrogens with zero attached hydrogens (tertiary/aromatic N) is 2. The second-order valence-electron chi connectivity index (χ2n) is 2.46. The largest absolute Gasteiger partial charge is 0.399 e. The lowest BCUT2D eigenvalue weighted by Crippen LogP contribution is -2.25. The van der Waals surface area contributed by atoms with Crippen LogP contribution in [0, 0.1) is 12.3 Å². The molecule has 0 saturated carbocycles. The van der Waals surface area contributed by atoms with Gasteiger partial charge in [0.2, 0.25) is 0 Å². The van der Waals surface area contributed by atoms with Crippen molar-refractivity contribution in [2.24, 2.45) is 5.16 Å². The fourth-order valence-corrected chi connectivity index (χ4v) is 1.08. The molecule has 1 fully saturated rings. The molecular formula is C7H12N3O. The Balaban J connectivity index is 2.47. The third-order valence-corrected chi connectivity index (χ3v) is 1.65. The van der Waals surface area contributed by atoms with Crippen LogP contribution in [0.15, 0.2) is 5.16 Å². The maximum atomic E-state index is 7.23. The van der Waals surface area contributed by atoms with Crippen LogP contribution in [0.5, 0.6) is 0 Å². The summed E-state index contributed by atoms with van der Waals surface area (Å²) in [7, 11) is 1.53. The fraction of sp³-hybridized carbons (Fsp3) is 0.571. The number of oxime groups is 1. The van der Waals surface area contributed by atoms with Gasteiger partial charge in [-0.25, -0.2) is 0 Å². The molecule has 4 heteroatoms. The van der Waals surface area contributed by atoms with E-state index in [0.717, 1.165) is 18.7 Å². The monoisotopic (exact) mass is 154 g/mol. The van der Waals surface area contributed by atoms with Crippen LogP contribution in [0.1, 0.15) is 6.42 Å². The van der Waals surface area contributed by atoms with Gasteiger partial charge in [-0.2, -0.15) is 0 Å². The summed E-state index contributed by atoms with van der Waals surface area (Å²) >= 11 is 0. The van der Waals surface area contributed by atoms with Gasteiger partial charge in [-0.05, 0) is 0 Å². The molecule has 0 aliphatic carbocycles. The van der Waals surface area contributed by atoms with E-state index < -0.39 is 0 Å². The standard InChI is InChI=1S/C7H12N3O/c1-6(8)10-4-3-7(5-10)9-11-2/h8H,1,3-5H2,2H3. The Morgan fingerprint density at radius 1 is 1.82 bits per heavy atom. The molecule has 0 aromatic heterocycles. The van der Waals surface area contributed by atoms with E-state index in [1.807, 2.05) is 4.90 Å². The van der Waals surface area contributed by atoms with Crippen molar-refractivity contribution in [1.82, 2.24) is 4.90 Å². The first kappa shape index (κ1) is 8.04. The topological polar surface area (TPSA) is 48.7 Å². The molecule has 61 valence electrons. The van der Waals surface area contributed by atoms with Gasteiger partial charge in [0.15, 0.2) is 0 Å². The molecule has 1 heterocycles. The predicted molar refractivity (Wildman–Crippen MR) is 43.7 cm³/mol. The highest BCUT2D eigenvalue weighted by Gasteiger charge is 2.18. The third-order valence-electron chi connectivity index (χ3n) is 1.65. The summed E-state index contributed by atoms with van der Waals surface area (Å²) in [6, 6.07) is 0. The molecule has 1 radical (unpaired) electrons. The molecule has 1 aliphatic rings. The second-order valence-corrected chi connectivity index (χ2v) is 2.46. The molecule has 0 amide bonds. The van der Waals surface area contributed by atoms with Gasteiger partial charge >= 0.3 is 0 Å². The summed E-state index contributed by atoms with van der Waals surface area (Å²) in [6.45, 7) is 5.06. The molecule has 1 N–H and O–H groups in total. The molecule has 0 atom stereocenters. The minimum Gasteiger partial charge on any atom is -0.399 e. The van der Waals surface area contributed by atoms with Crippen molar-refractivity contribution in [3.63, 3.8) is 0 Å². The van der Waals surface area contributed by atoms with Crippen LogP contribution in [0.4, 0.5) is 0 Å². The Bertz CT molecular complexity index is 188. The quantitative estimate of drug-likeness (QED) is 0.340. The Labute approximate surface area is 66.3 Å². The Hall–Kier alpha value is -1.06. The molecule has 0 aromatic carbocycles. The van der Waals surface area contributed by atoms with Gasteiger partial charge in [0.05, 0.1) is 18.1 Å². The molecule has 0 bridgehead atoms. The van der Waals surface area contributed by atoms with Crippen molar-refractivity contribution >= 4 is 11.5 Å². The van der Waals surface area contributed by atoms with Gasteiger partial charge in [-0.3, -0.25) is 5.41 Å². The molecule has 0 aromatic rings. The lowest BCUT2D eigenvalue weighted by molar-refractivity contribution is 0.212. The maximum Gasteiger partial charge on any atom is 0.106 e. The molecule has 0 spiro atoms. The SMILES string of the molecule is [CH2]C(=N)N1CCC(=NOC)C1. The molecule has 0 unspecified atom stereocenters. The number of likely N-dealkylation sites (tertiary alicyclic amines) is 1. The van der Waals surface area contributed by atoms with Crippen LogP contribution < -0.4 is 0 Å². The zero-order valence-corrected chi connectivity index (χ0v) is 6.63. The summed E-state index contributed by atoms with van der Waals surface area (Å²) in [4.78, 5) is 6.48. The highest BCUT2D eigenvalue weighted by atomic mass is 16.6. The first-order valence-electron chi connectivity index (χ1n) is 3.48. The second kappa shape index (κ2) is 3.37. The maximum absolute atomic E-state index is 7.23. The average molecular weight is 154 g/mol. The van der Waals surface area contributed by atoms with Crippen molar-refractivity contribution in [3.8, 4) is 0 Å². The van der Waals surface area contributed by atoms with Gasteiger partial charge in [0.25, 0.3) is 0 Å². The molecule has 1 rings (SSSR count). The number of rotatable bonds is 1. The summed E-state index contributed by atoms with van der Waals surface area (Å²) in [5.41, 5.74) is 0.987. The van der Waals surface area contributed by atoms with Crippen molar-refractivity contribution < 1.29 is 4.84 Å². The van der Waals surface area contributed by atoms with E-state index in [0.29, 0.717) is 12.4 Å². The average Bonchev–Trinajstić information content (AvgIpc) is 2.37. The van der Waals surface area contributed by atoms with Crippen molar-refractivity contribution in [1.29, 1.82) is 5.41 Å². The Morgan fingerprint density at radius 2 is 2.55 bits per heavy atom. The van der Waals surface area contributed by atoms with E-state index in [9.17, 15) is 0 Å². The molecule has 1 saturated heterocycles. The molecule has 11 heavy (non-hydrogen) atoms. The smallest absolute Gasteiger partial charge is 0.106 e. The Kier molecular flexibility index (Phi) is 2.46. The first-order chi connectivity index (χ1) is 5.24. The van der Waals surface area contributed by atoms with Crippen LogP contribution >= 0.6 is 0 Å². The van der Waals surface area contributed by atoms with E-state index in [2.05, 4.69) is 16.9 Å². The third kappa shape index (κ3) is 1.93. The van der Waals surface area contributed by atoms with Gasteiger partial charge in [0, 0.05) is 19.9 Å². The van der Waals surface area contributed by atoms with E-state index in [1.54, 1.807) is 0 Å². The zero-order chi connectivity index (χ0) is 8.27. The summed E-state index contributed by atoms with van der Waals surface area (Å²) in [5.74, 6) is 0.353. The zero-order valence-electron chi connectivity index (χ0n) is 6.63. The van der Waals surface area contributed by atoms with Crippen LogP contribution in [-0.2, 0) is 4.84 Å². The van der Waals surface area contributed by atoms with E-state index >= 15 is 0 Å². The minimum atomic E-state index is 0.353. The van der Waals surface area contributed by atoms with Gasteiger partial charge in [-0.1, -0.05) is 5.16 Å². The van der Waals surface area contributed by atoms with Gasteiger partial charge in [0.1, 0.15) is 7.11 Å². The summed E-state index contributed by atoms with van der Waals surface area (Å²) in [6.07, 6.45) is 0.881. The molecule has 4 nitrogen and oxygen atoms in total. The van der Waals surface area contributed by atoms with E-state index in [1.165, 1.54) is 7.11 Å². The van der Waals surface area contributed by atoms with Crippen LogP contribution in [0.2, 0.25) is 0 Å². The van der Waals surface area contributed by atoms with Gasteiger partial charge in [-0.15, -0.1) is 0 Å². The fourth-order valence-electron chi connectivity index (χ4n) is 1.08. The molecule has 1 aliphatic heterocycles. The Morgan fingerprint density at radius 3 is 3.00 bits per heavy atom. The molecular weight excluding hydrogens is 142 g/mol. The van der Waals surface area contributed by atoms with E-state index in [-0.39, 0.29) is 0 Å². The van der Waals surface area contributed by atoms with Crippen molar-refractivity contribution in [2.45, 2.75) is 6.42 Å². The van der Waals surface area contributed by atoms with E-state index in [4.69, 9.17) is 5.41 Å². The van der Waals surface area contributed by atoms with Crippen LogP contribution in [0.25, 0.3) is 0 Å². The first-order valence-corrected chi connectivity index (χ1v) is 3.48. The van der Waals surface area contributed by atoms with Crippen LogP contribution in [-0.4, -0.2) is 36.6 Å².